The summed E-state index contributed by atoms with van der Waals surface area (Å²) in [4.78, 5) is 4.23. The molecule has 1 heterocycles. The van der Waals surface area contributed by atoms with Crippen molar-refractivity contribution >= 4 is 5.69 Å². The van der Waals surface area contributed by atoms with Gasteiger partial charge in [-0.1, -0.05) is 12.1 Å². The van der Waals surface area contributed by atoms with E-state index in [-0.39, 0.29) is 6.61 Å². The molecule has 0 aliphatic rings. The summed E-state index contributed by atoms with van der Waals surface area (Å²) in [5.41, 5.74) is 2.70. The third kappa shape index (κ3) is 3.21. The van der Waals surface area contributed by atoms with Gasteiger partial charge in [-0.15, -0.1) is 0 Å². The number of pyridine rings is 1. The molecule has 0 amide bonds. The van der Waals surface area contributed by atoms with Crippen molar-refractivity contribution in [2.24, 2.45) is 0 Å². The first-order valence-corrected chi connectivity index (χ1v) is 5.77. The topological polar surface area (TPSA) is 54.4 Å². The van der Waals surface area contributed by atoms with Gasteiger partial charge < -0.3 is 15.2 Å². The highest BCUT2D eigenvalue weighted by Crippen LogP contribution is 2.15. The summed E-state index contributed by atoms with van der Waals surface area (Å²) < 4.78 is 5.63. The molecule has 0 aliphatic heterocycles. The molecule has 0 saturated heterocycles. The standard InChI is InChI=1S/C14H16N2O2/c1-15-12-5-6-16-13(8-12)10-18-14-4-2-3-11(7-14)9-17/h2-8,17H,9-10H2,1H3,(H,15,16). The quantitative estimate of drug-likeness (QED) is 0.846. The fourth-order valence-corrected chi connectivity index (χ4v) is 1.60. The van der Waals surface area contributed by atoms with E-state index in [1.54, 1.807) is 6.20 Å². The van der Waals surface area contributed by atoms with Crippen molar-refractivity contribution in [3.63, 3.8) is 0 Å². The molecule has 0 fully saturated rings. The average molecular weight is 244 g/mol. The monoisotopic (exact) mass is 244 g/mol. The van der Waals surface area contributed by atoms with Gasteiger partial charge in [0.2, 0.25) is 0 Å². The van der Waals surface area contributed by atoms with Crippen LogP contribution in [0.3, 0.4) is 0 Å². The molecule has 2 N–H and O–H groups in total. The Morgan fingerprint density at radius 1 is 1.28 bits per heavy atom. The van der Waals surface area contributed by atoms with Crippen LogP contribution in [0.15, 0.2) is 42.6 Å². The molecular weight excluding hydrogens is 228 g/mol. The molecule has 0 saturated carbocycles. The first-order valence-electron chi connectivity index (χ1n) is 5.77. The van der Waals surface area contributed by atoms with Gasteiger partial charge in [0.05, 0.1) is 12.3 Å². The molecule has 2 rings (SSSR count). The van der Waals surface area contributed by atoms with Gasteiger partial charge in [0.1, 0.15) is 12.4 Å². The number of hydrogen-bond acceptors (Lipinski definition) is 4. The molecule has 0 unspecified atom stereocenters. The van der Waals surface area contributed by atoms with Crippen molar-refractivity contribution in [3.8, 4) is 5.75 Å². The van der Waals surface area contributed by atoms with Crippen LogP contribution in [0.5, 0.6) is 5.75 Å². The van der Waals surface area contributed by atoms with Crippen molar-refractivity contribution in [2.75, 3.05) is 12.4 Å². The summed E-state index contributed by atoms with van der Waals surface area (Å²) in [5, 5.41) is 12.1. The van der Waals surface area contributed by atoms with E-state index in [2.05, 4.69) is 10.3 Å². The minimum Gasteiger partial charge on any atom is -0.487 e. The third-order valence-corrected chi connectivity index (χ3v) is 2.57. The number of rotatable bonds is 5. The summed E-state index contributed by atoms with van der Waals surface area (Å²) in [7, 11) is 1.87. The van der Waals surface area contributed by atoms with Crippen LogP contribution in [0, 0.1) is 0 Å². The molecule has 1 aromatic heterocycles. The van der Waals surface area contributed by atoms with Gasteiger partial charge in [0.15, 0.2) is 0 Å². The largest absolute Gasteiger partial charge is 0.487 e. The Bertz CT molecular complexity index is 467. The van der Waals surface area contributed by atoms with Crippen molar-refractivity contribution in [2.45, 2.75) is 13.2 Å². The van der Waals surface area contributed by atoms with E-state index in [1.165, 1.54) is 0 Å². The highest BCUT2D eigenvalue weighted by atomic mass is 16.5. The number of ether oxygens (including phenoxy) is 1. The van der Waals surface area contributed by atoms with Crippen LogP contribution in [0.2, 0.25) is 0 Å². The fourth-order valence-electron chi connectivity index (χ4n) is 1.60. The van der Waals surface area contributed by atoms with Crippen LogP contribution in [0.1, 0.15) is 11.3 Å². The summed E-state index contributed by atoms with van der Waals surface area (Å²) >= 11 is 0. The van der Waals surface area contributed by atoms with Gasteiger partial charge in [0, 0.05) is 18.9 Å². The van der Waals surface area contributed by atoms with Crippen molar-refractivity contribution < 1.29 is 9.84 Å². The fraction of sp³-hybridized carbons (Fsp3) is 0.214. The number of hydrogen-bond donors (Lipinski definition) is 2. The molecule has 4 heteroatoms. The Balaban J connectivity index is 2.01. The SMILES string of the molecule is CNc1ccnc(COc2cccc(CO)c2)c1. The smallest absolute Gasteiger partial charge is 0.130 e. The molecule has 0 aliphatic carbocycles. The summed E-state index contributed by atoms with van der Waals surface area (Å²) in [5.74, 6) is 0.734. The molecule has 2 aromatic rings. The molecule has 0 bridgehead atoms. The van der Waals surface area contributed by atoms with Crippen LogP contribution < -0.4 is 10.1 Å². The lowest BCUT2D eigenvalue weighted by Crippen LogP contribution is -2.00. The maximum atomic E-state index is 9.04. The Kier molecular flexibility index (Phi) is 4.15. The first-order chi connectivity index (χ1) is 8.81. The van der Waals surface area contributed by atoms with Gasteiger partial charge in [-0.25, -0.2) is 0 Å². The average Bonchev–Trinajstić information content (AvgIpc) is 2.45. The van der Waals surface area contributed by atoms with Gasteiger partial charge >= 0.3 is 0 Å². The summed E-state index contributed by atoms with van der Waals surface area (Å²) in [6, 6.07) is 11.2. The first kappa shape index (κ1) is 12.4. The van der Waals surface area contributed by atoms with Crippen LogP contribution in [-0.2, 0) is 13.2 Å². The molecule has 0 radical (unpaired) electrons. The molecule has 18 heavy (non-hydrogen) atoms. The normalized spacial score (nSPS) is 10.1. The number of aliphatic hydroxyl groups excluding tert-OH is 1. The second-order valence-electron chi connectivity index (χ2n) is 3.88. The van der Waals surface area contributed by atoms with Gasteiger partial charge in [-0.2, -0.15) is 0 Å². The molecule has 0 spiro atoms. The van der Waals surface area contributed by atoms with E-state index in [4.69, 9.17) is 9.84 Å². The van der Waals surface area contributed by atoms with E-state index < -0.39 is 0 Å². The zero-order valence-electron chi connectivity index (χ0n) is 10.3. The molecule has 94 valence electrons. The van der Waals surface area contributed by atoms with E-state index in [0.717, 1.165) is 22.7 Å². The minimum absolute atomic E-state index is 0.0185. The van der Waals surface area contributed by atoms with Crippen LogP contribution in [-0.4, -0.2) is 17.1 Å². The molecule has 0 atom stereocenters. The van der Waals surface area contributed by atoms with Crippen molar-refractivity contribution in [1.82, 2.24) is 4.98 Å². The Labute approximate surface area is 106 Å². The van der Waals surface area contributed by atoms with E-state index in [9.17, 15) is 0 Å². The second kappa shape index (κ2) is 6.02. The van der Waals surface area contributed by atoms with Crippen LogP contribution >= 0.6 is 0 Å². The second-order valence-corrected chi connectivity index (χ2v) is 3.88. The summed E-state index contributed by atoms with van der Waals surface area (Å²) in [6.07, 6.45) is 1.74. The number of aliphatic hydroxyl groups is 1. The Morgan fingerprint density at radius 3 is 2.94 bits per heavy atom. The number of anilines is 1. The number of nitrogens with zero attached hydrogens (tertiary/aromatic N) is 1. The Morgan fingerprint density at radius 2 is 2.17 bits per heavy atom. The zero-order valence-corrected chi connectivity index (χ0v) is 10.3. The Hall–Kier alpha value is -2.07. The predicted molar refractivity (Wildman–Crippen MR) is 70.5 cm³/mol. The zero-order chi connectivity index (χ0) is 12.8. The highest BCUT2D eigenvalue weighted by molar-refractivity contribution is 5.42. The third-order valence-electron chi connectivity index (χ3n) is 2.57. The molecular formula is C14H16N2O2. The lowest BCUT2D eigenvalue weighted by atomic mass is 10.2. The lowest BCUT2D eigenvalue weighted by Gasteiger charge is -2.08. The lowest BCUT2D eigenvalue weighted by molar-refractivity contribution is 0.277. The van der Waals surface area contributed by atoms with E-state index in [1.807, 2.05) is 43.4 Å². The number of aromatic nitrogens is 1. The number of benzene rings is 1. The molecule has 4 nitrogen and oxygen atoms in total. The molecule has 1 aromatic carbocycles. The van der Waals surface area contributed by atoms with Crippen molar-refractivity contribution in [3.05, 3.63) is 53.9 Å². The van der Waals surface area contributed by atoms with E-state index >= 15 is 0 Å². The highest BCUT2D eigenvalue weighted by Gasteiger charge is 1.99. The number of nitrogens with one attached hydrogen (secondary N) is 1. The van der Waals surface area contributed by atoms with Gasteiger partial charge in [-0.05, 0) is 29.8 Å². The predicted octanol–water partition coefficient (Wildman–Crippen LogP) is 2.19. The van der Waals surface area contributed by atoms with Gasteiger partial charge in [0.25, 0.3) is 0 Å². The minimum atomic E-state index is 0.0185. The maximum absolute atomic E-state index is 9.04. The summed E-state index contributed by atoms with van der Waals surface area (Å²) in [6.45, 7) is 0.426. The van der Waals surface area contributed by atoms with Crippen molar-refractivity contribution in [1.29, 1.82) is 0 Å². The van der Waals surface area contributed by atoms with Gasteiger partial charge in [-0.3, -0.25) is 4.98 Å². The van der Waals surface area contributed by atoms with E-state index in [0.29, 0.717) is 6.61 Å². The van der Waals surface area contributed by atoms with Crippen LogP contribution in [0.25, 0.3) is 0 Å². The van der Waals surface area contributed by atoms with Crippen LogP contribution in [0.4, 0.5) is 5.69 Å². The maximum Gasteiger partial charge on any atom is 0.130 e.